The first-order valence-corrected chi connectivity index (χ1v) is 11.7. The number of benzene rings is 1. The number of piperazine rings is 1. The van der Waals surface area contributed by atoms with Crippen molar-refractivity contribution < 1.29 is 4.79 Å². The Bertz CT molecular complexity index is 684. The highest BCUT2D eigenvalue weighted by molar-refractivity contribution is 5.94. The summed E-state index contributed by atoms with van der Waals surface area (Å²) in [5.74, 6) is 1.09. The highest BCUT2D eigenvalue weighted by atomic mass is 35.5. The normalized spacial score (nSPS) is 23.1. The van der Waals surface area contributed by atoms with Gasteiger partial charge in [0, 0.05) is 37.4 Å². The van der Waals surface area contributed by atoms with Gasteiger partial charge in [-0.25, -0.2) is 0 Å². The van der Waals surface area contributed by atoms with Crippen molar-refractivity contribution in [1.29, 1.82) is 0 Å². The van der Waals surface area contributed by atoms with Crippen LogP contribution in [-0.2, 0) is 0 Å². The molecule has 1 aliphatic heterocycles. The van der Waals surface area contributed by atoms with Crippen LogP contribution in [0.5, 0.6) is 0 Å². The second kappa shape index (κ2) is 10.9. The molecule has 0 radical (unpaired) electrons. The number of nitrogens with zero attached hydrogens (tertiary/aromatic N) is 2. The Morgan fingerprint density at radius 1 is 1.07 bits per heavy atom. The number of hydrogen-bond acceptors (Lipinski definition) is 3. The Kier molecular flexibility index (Phi) is 9.05. The maximum absolute atomic E-state index is 11.8. The summed E-state index contributed by atoms with van der Waals surface area (Å²) in [5.41, 5.74) is 9.35. The Labute approximate surface area is 190 Å². The average molecular weight is 436 g/mol. The molecule has 5 heteroatoms. The number of unbranched alkanes of at least 4 members (excludes halogenated alkanes) is 1. The van der Waals surface area contributed by atoms with Crippen molar-refractivity contribution in [3.05, 3.63) is 29.3 Å². The SMILES string of the molecule is CCCCN1CCN(c2cc(C(N)=O)ccc2C2CCC(C(C)(C)C)CC2)CC1.Cl. The molecule has 1 saturated carbocycles. The lowest BCUT2D eigenvalue weighted by molar-refractivity contribution is 0.1000. The van der Waals surface area contributed by atoms with Gasteiger partial charge in [-0.3, -0.25) is 9.69 Å². The lowest BCUT2D eigenvalue weighted by Crippen LogP contribution is -2.47. The van der Waals surface area contributed by atoms with E-state index in [2.05, 4.69) is 49.6 Å². The van der Waals surface area contributed by atoms with Crippen LogP contribution in [0.3, 0.4) is 0 Å². The summed E-state index contributed by atoms with van der Waals surface area (Å²) in [6, 6.07) is 6.20. The first-order chi connectivity index (χ1) is 13.8. The molecule has 2 aliphatic rings. The molecular weight excluding hydrogens is 394 g/mol. The average Bonchev–Trinajstić information content (AvgIpc) is 2.71. The number of nitrogens with two attached hydrogens (primary N) is 1. The molecule has 0 aromatic heterocycles. The van der Waals surface area contributed by atoms with Gasteiger partial charge in [-0.05, 0) is 73.6 Å². The highest BCUT2D eigenvalue weighted by Crippen LogP contribution is 2.45. The topological polar surface area (TPSA) is 49.6 Å². The van der Waals surface area contributed by atoms with Crippen molar-refractivity contribution in [3.63, 3.8) is 0 Å². The molecule has 0 atom stereocenters. The first-order valence-electron chi connectivity index (χ1n) is 11.7. The Balaban J connectivity index is 0.00000320. The number of rotatable bonds is 6. The molecule has 2 N–H and O–H groups in total. The van der Waals surface area contributed by atoms with Crippen LogP contribution in [0, 0.1) is 11.3 Å². The maximum Gasteiger partial charge on any atom is 0.248 e. The summed E-state index contributed by atoms with van der Waals surface area (Å²) < 4.78 is 0. The first kappa shape index (κ1) is 25.0. The molecule has 4 nitrogen and oxygen atoms in total. The molecule has 1 aromatic rings. The zero-order valence-corrected chi connectivity index (χ0v) is 20.3. The fourth-order valence-electron chi connectivity index (χ4n) is 5.18. The van der Waals surface area contributed by atoms with Gasteiger partial charge in [0.2, 0.25) is 5.91 Å². The van der Waals surface area contributed by atoms with Crippen molar-refractivity contribution in [3.8, 4) is 0 Å². The molecule has 1 amide bonds. The van der Waals surface area contributed by atoms with Crippen LogP contribution in [-0.4, -0.2) is 43.5 Å². The predicted octanol–water partition coefficient (Wildman–Crippen LogP) is 5.45. The second-order valence-corrected chi connectivity index (χ2v) is 10.2. The molecule has 170 valence electrons. The molecule has 0 bridgehead atoms. The number of hydrogen-bond donors (Lipinski definition) is 1. The minimum absolute atomic E-state index is 0. The lowest BCUT2D eigenvalue weighted by atomic mass is 9.68. The standard InChI is InChI=1S/C25H41N3O.ClH/c1-5-6-13-27-14-16-28(17-15-27)23-18-20(24(26)29)9-12-22(23)19-7-10-21(11-8-19)25(2,3)4;/h9,12,18-19,21H,5-8,10-11,13-17H2,1-4H3,(H2,26,29);1H. The quantitative estimate of drug-likeness (QED) is 0.646. The number of carbonyl (C=O) groups excluding carboxylic acids is 1. The van der Waals surface area contributed by atoms with Gasteiger partial charge in [0.15, 0.2) is 0 Å². The minimum atomic E-state index is -0.323. The van der Waals surface area contributed by atoms with E-state index in [4.69, 9.17) is 5.73 Å². The van der Waals surface area contributed by atoms with Crippen LogP contribution >= 0.6 is 12.4 Å². The summed E-state index contributed by atoms with van der Waals surface area (Å²) in [4.78, 5) is 16.9. The van der Waals surface area contributed by atoms with E-state index in [1.165, 1.54) is 56.3 Å². The van der Waals surface area contributed by atoms with E-state index in [-0.39, 0.29) is 18.3 Å². The van der Waals surface area contributed by atoms with Gasteiger partial charge in [-0.2, -0.15) is 0 Å². The van der Waals surface area contributed by atoms with Crippen LogP contribution in [0.2, 0.25) is 0 Å². The van der Waals surface area contributed by atoms with E-state index in [1.54, 1.807) is 0 Å². The van der Waals surface area contributed by atoms with Gasteiger partial charge in [0.05, 0.1) is 0 Å². The maximum atomic E-state index is 11.8. The van der Waals surface area contributed by atoms with E-state index >= 15 is 0 Å². The predicted molar refractivity (Wildman–Crippen MR) is 130 cm³/mol. The monoisotopic (exact) mass is 435 g/mol. The molecule has 1 aliphatic carbocycles. The minimum Gasteiger partial charge on any atom is -0.369 e. The zero-order chi connectivity index (χ0) is 21.0. The van der Waals surface area contributed by atoms with Crippen LogP contribution in [0.15, 0.2) is 18.2 Å². The van der Waals surface area contributed by atoms with Crippen LogP contribution in [0.1, 0.15) is 88.1 Å². The largest absolute Gasteiger partial charge is 0.369 e. The van der Waals surface area contributed by atoms with E-state index in [0.717, 1.165) is 32.1 Å². The van der Waals surface area contributed by atoms with E-state index in [0.29, 0.717) is 16.9 Å². The zero-order valence-electron chi connectivity index (χ0n) is 19.5. The van der Waals surface area contributed by atoms with Gasteiger partial charge in [0.25, 0.3) is 0 Å². The summed E-state index contributed by atoms with van der Waals surface area (Å²) in [7, 11) is 0. The van der Waals surface area contributed by atoms with E-state index in [1.807, 2.05) is 6.07 Å². The fraction of sp³-hybridized carbons (Fsp3) is 0.720. The molecule has 1 aromatic carbocycles. The van der Waals surface area contributed by atoms with Gasteiger partial charge >= 0.3 is 0 Å². The highest BCUT2D eigenvalue weighted by Gasteiger charge is 2.32. The number of amides is 1. The number of primary amides is 1. The molecule has 1 saturated heterocycles. The third kappa shape index (κ3) is 6.13. The Hall–Kier alpha value is -1.26. The fourth-order valence-corrected chi connectivity index (χ4v) is 5.18. The molecule has 30 heavy (non-hydrogen) atoms. The van der Waals surface area contributed by atoms with Crippen molar-refractivity contribution >= 4 is 24.0 Å². The van der Waals surface area contributed by atoms with Gasteiger partial charge < -0.3 is 10.6 Å². The second-order valence-electron chi connectivity index (χ2n) is 10.2. The molecular formula is C25H42ClN3O. The van der Waals surface area contributed by atoms with Crippen molar-refractivity contribution in [2.24, 2.45) is 17.1 Å². The van der Waals surface area contributed by atoms with Crippen molar-refractivity contribution in [2.75, 3.05) is 37.6 Å². The summed E-state index contributed by atoms with van der Waals surface area (Å²) in [6.45, 7) is 14.9. The van der Waals surface area contributed by atoms with Crippen molar-refractivity contribution in [1.82, 2.24) is 4.90 Å². The number of anilines is 1. The Morgan fingerprint density at radius 2 is 1.70 bits per heavy atom. The molecule has 0 spiro atoms. The number of carbonyl (C=O) groups is 1. The molecule has 0 unspecified atom stereocenters. The van der Waals surface area contributed by atoms with E-state index < -0.39 is 0 Å². The lowest BCUT2D eigenvalue weighted by Gasteiger charge is -2.40. The smallest absolute Gasteiger partial charge is 0.248 e. The number of halogens is 1. The van der Waals surface area contributed by atoms with Gasteiger partial charge in [0.1, 0.15) is 0 Å². The molecule has 3 rings (SSSR count). The summed E-state index contributed by atoms with van der Waals surface area (Å²) in [5, 5.41) is 0. The van der Waals surface area contributed by atoms with Crippen LogP contribution in [0.4, 0.5) is 5.69 Å². The molecule has 1 heterocycles. The van der Waals surface area contributed by atoms with Crippen LogP contribution < -0.4 is 10.6 Å². The third-order valence-corrected chi connectivity index (χ3v) is 7.25. The van der Waals surface area contributed by atoms with Gasteiger partial charge in [-0.1, -0.05) is 40.2 Å². The summed E-state index contributed by atoms with van der Waals surface area (Å²) >= 11 is 0. The van der Waals surface area contributed by atoms with Gasteiger partial charge in [-0.15, -0.1) is 12.4 Å². The Morgan fingerprint density at radius 3 is 2.23 bits per heavy atom. The third-order valence-electron chi connectivity index (χ3n) is 7.25. The molecule has 2 fully saturated rings. The summed E-state index contributed by atoms with van der Waals surface area (Å²) in [6.07, 6.45) is 7.64. The van der Waals surface area contributed by atoms with Crippen LogP contribution in [0.25, 0.3) is 0 Å². The van der Waals surface area contributed by atoms with E-state index in [9.17, 15) is 4.79 Å². The van der Waals surface area contributed by atoms with Crippen molar-refractivity contribution in [2.45, 2.75) is 72.1 Å².